The minimum absolute atomic E-state index is 0.000472. The molecule has 0 unspecified atom stereocenters. The normalized spacial score (nSPS) is 15.3. The quantitative estimate of drug-likeness (QED) is 0.601. The first kappa shape index (κ1) is 21.2. The van der Waals surface area contributed by atoms with E-state index in [9.17, 15) is 14.4 Å². The van der Waals surface area contributed by atoms with Crippen molar-refractivity contribution in [3.8, 4) is 0 Å². The fraction of sp³-hybridized carbons (Fsp3) is 0.579. The van der Waals surface area contributed by atoms with Crippen molar-refractivity contribution in [2.45, 2.75) is 44.2 Å². The molecule has 1 aromatic heterocycles. The molecule has 7 nitrogen and oxygen atoms in total. The van der Waals surface area contributed by atoms with Crippen LogP contribution in [0.4, 0.5) is 0 Å². The van der Waals surface area contributed by atoms with Crippen molar-refractivity contribution >= 4 is 29.5 Å². The van der Waals surface area contributed by atoms with Crippen LogP contribution in [0.25, 0.3) is 0 Å². The first-order valence-corrected chi connectivity index (χ1v) is 10.3. The van der Waals surface area contributed by atoms with Crippen LogP contribution >= 0.6 is 11.8 Å². The van der Waals surface area contributed by atoms with Crippen molar-refractivity contribution < 1.29 is 14.4 Å². The summed E-state index contributed by atoms with van der Waals surface area (Å²) in [6.07, 6.45) is 5.18. The van der Waals surface area contributed by atoms with Gasteiger partial charge >= 0.3 is 11.8 Å². The van der Waals surface area contributed by atoms with Crippen molar-refractivity contribution in [2.24, 2.45) is 5.92 Å². The third-order valence-electron chi connectivity index (χ3n) is 4.34. The maximum atomic E-state index is 12.7. The van der Waals surface area contributed by atoms with Gasteiger partial charge in [0.1, 0.15) is 5.03 Å². The first-order valence-electron chi connectivity index (χ1n) is 9.10. The number of amides is 3. The number of nitrogens with zero attached hydrogens (tertiary/aromatic N) is 2. The van der Waals surface area contributed by atoms with E-state index in [0.29, 0.717) is 25.2 Å². The van der Waals surface area contributed by atoms with Crippen LogP contribution in [-0.4, -0.2) is 59.0 Å². The summed E-state index contributed by atoms with van der Waals surface area (Å²) in [7, 11) is 0. The molecule has 0 aliphatic carbocycles. The Morgan fingerprint density at radius 1 is 1.22 bits per heavy atom. The van der Waals surface area contributed by atoms with Gasteiger partial charge in [-0.25, -0.2) is 4.98 Å². The van der Waals surface area contributed by atoms with Gasteiger partial charge in [0.05, 0.1) is 5.56 Å². The molecule has 1 saturated heterocycles. The van der Waals surface area contributed by atoms with E-state index in [1.54, 1.807) is 18.3 Å². The summed E-state index contributed by atoms with van der Waals surface area (Å²) in [4.78, 5) is 42.5. The largest absolute Gasteiger partial charge is 0.348 e. The lowest BCUT2D eigenvalue weighted by atomic mass is 9.96. The van der Waals surface area contributed by atoms with Crippen molar-refractivity contribution in [1.29, 1.82) is 0 Å². The number of thioether (sulfide) groups is 1. The highest BCUT2D eigenvalue weighted by atomic mass is 32.2. The Balaban J connectivity index is 1.81. The predicted octanol–water partition coefficient (Wildman–Crippen LogP) is 1.69. The van der Waals surface area contributed by atoms with Crippen LogP contribution in [0.5, 0.6) is 0 Å². The van der Waals surface area contributed by atoms with Gasteiger partial charge in [0.2, 0.25) is 0 Å². The molecule has 0 saturated carbocycles. The van der Waals surface area contributed by atoms with Gasteiger partial charge in [-0.15, -0.1) is 11.8 Å². The molecule has 2 rings (SSSR count). The molecule has 27 heavy (non-hydrogen) atoms. The standard InChI is InChI=1S/C19H28N4O3S/c1-19(2,3)22-16(25)15(24)21-12-13-7-10-23(11-8-13)18(26)14-6-5-9-20-17(14)27-4/h5-6,9,13H,7-8,10-12H2,1-4H3,(H,21,24)(H,22,25). The van der Waals surface area contributed by atoms with Crippen LogP contribution in [0.3, 0.4) is 0 Å². The molecule has 0 aromatic carbocycles. The summed E-state index contributed by atoms with van der Waals surface area (Å²) in [6.45, 7) is 7.20. The van der Waals surface area contributed by atoms with E-state index in [4.69, 9.17) is 0 Å². The molecule has 1 aromatic rings. The van der Waals surface area contributed by atoms with Crippen molar-refractivity contribution in [3.05, 3.63) is 23.9 Å². The highest BCUT2D eigenvalue weighted by molar-refractivity contribution is 7.98. The zero-order valence-corrected chi connectivity index (χ0v) is 17.2. The van der Waals surface area contributed by atoms with Gasteiger partial charge in [-0.2, -0.15) is 0 Å². The van der Waals surface area contributed by atoms with Crippen LogP contribution in [0.15, 0.2) is 23.4 Å². The van der Waals surface area contributed by atoms with Gasteiger partial charge in [-0.3, -0.25) is 14.4 Å². The second-order valence-electron chi connectivity index (χ2n) is 7.71. The molecule has 8 heteroatoms. The minimum Gasteiger partial charge on any atom is -0.348 e. The summed E-state index contributed by atoms with van der Waals surface area (Å²) in [5.74, 6) is -0.964. The third kappa shape index (κ3) is 6.23. The van der Waals surface area contributed by atoms with Gasteiger partial charge in [0.25, 0.3) is 5.91 Å². The zero-order valence-electron chi connectivity index (χ0n) is 16.4. The van der Waals surface area contributed by atoms with E-state index < -0.39 is 17.4 Å². The number of pyridine rings is 1. The Labute approximate surface area is 164 Å². The Bertz CT molecular complexity index is 694. The van der Waals surface area contributed by atoms with Crippen LogP contribution in [0.1, 0.15) is 44.0 Å². The van der Waals surface area contributed by atoms with E-state index in [0.717, 1.165) is 17.9 Å². The van der Waals surface area contributed by atoms with Gasteiger partial charge in [-0.1, -0.05) is 0 Å². The summed E-state index contributed by atoms with van der Waals surface area (Å²) in [6, 6.07) is 3.58. The number of piperidine rings is 1. The molecule has 1 aliphatic rings. The highest BCUT2D eigenvalue weighted by Gasteiger charge is 2.26. The predicted molar refractivity (Wildman–Crippen MR) is 106 cm³/mol. The maximum absolute atomic E-state index is 12.7. The van der Waals surface area contributed by atoms with Crippen LogP contribution < -0.4 is 10.6 Å². The van der Waals surface area contributed by atoms with Crippen LogP contribution in [-0.2, 0) is 9.59 Å². The number of carbonyl (C=O) groups excluding carboxylic acids is 3. The fourth-order valence-corrected chi connectivity index (χ4v) is 3.48. The van der Waals surface area contributed by atoms with Gasteiger partial charge < -0.3 is 15.5 Å². The first-order chi connectivity index (χ1) is 12.7. The van der Waals surface area contributed by atoms with Gasteiger partial charge in [-0.05, 0) is 57.9 Å². The Morgan fingerprint density at radius 2 is 1.89 bits per heavy atom. The van der Waals surface area contributed by atoms with E-state index in [2.05, 4.69) is 15.6 Å². The number of likely N-dealkylation sites (tertiary alicyclic amines) is 1. The summed E-state index contributed by atoms with van der Waals surface area (Å²) < 4.78 is 0. The molecule has 2 N–H and O–H groups in total. The Kier molecular flexibility index (Phi) is 7.24. The van der Waals surface area contributed by atoms with E-state index in [1.165, 1.54) is 11.8 Å². The molecule has 1 aliphatic heterocycles. The molecule has 3 amide bonds. The van der Waals surface area contributed by atoms with Gasteiger partial charge in [0.15, 0.2) is 0 Å². The van der Waals surface area contributed by atoms with Crippen LogP contribution in [0, 0.1) is 5.92 Å². The lowest BCUT2D eigenvalue weighted by Gasteiger charge is -2.32. The number of carbonyl (C=O) groups is 3. The van der Waals surface area contributed by atoms with E-state index in [1.807, 2.05) is 31.9 Å². The third-order valence-corrected chi connectivity index (χ3v) is 5.05. The molecule has 1 fully saturated rings. The van der Waals surface area contributed by atoms with Crippen molar-refractivity contribution in [3.63, 3.8) is 0 Å². The topological polar surface area (TPSA) is 91.4 Å². The molecule has 2 heterocycles. The molecule has 0 bridgehead atoms. The van der Waals surface area contributed by atoms with Crippen molar-refractivity contribution in [2.75, 3.05) is 25.9 Å². The lowest BCUT2D eigenvalue weighted by molar-refractivity contribution is -0.140. The average Bonchev–Trinajstić information content (AvgIpc) is 2.64. The Morgan fingerprint density at radius 3 is 2.48 bits per heavy atom. The second kappa shape index (κ2) is 9.21. The number of hydrogen-bond donors (Lipinski definition) is 2. The van der Waals surface area contributed by atoms with Crippen molar-refractivity contribution in [1.82, 2.24) is 20.5 Å². The van der Waals surface area contributed by atoms with Gasteiger partial charge in [0, 0.05) is 31.4 Å². The zero-order chi connectivity index (χ0) is 20.0. The minimum atomic E-state index is -0.615. The monoisotopic (exact) mass is 392 g/mol. The molecule has 148 valence electrons. The smallest absolute Gasteiger partial charge is 0.309 e. The highest BCUT2D eigenvalue weighted by Crippen LogP contribution is 2.22. The summed E-state index contributed by atoms with van der Waals surface area (Å²) in [5.41, 5.74) is 0.192. The molecule has 0 spiro atoms. The van der Waals surface area contributed by atoms with Crippen LogP contribution in [0.2, 0.25) is 0 Å². The van der Waals surface area contributed by atoms with E-state index >= 15 is 0 Å². The molecular weight excluding hydrogens is 364 g/mol. The number of aromatic nitrogens is 1. The number of rotatable bonds is 4. The fourth-order valence-electron chi connectivity index (χ4n) is 2.94. The molecule has 0 radical (unpaired) electrons. The lowest BCUT2D eigenvalue weighted by Crippen LogP contribution is -2.49. The summed E-state index contributed by atoms with van der Waals surface area (Å²) in [5, 5.41) is 6.08. The average molecular weight is 393 g/mol. The SMILES string of the molecule is CSc1ncccc1C(=O)N1CCC(CNC(=O)C(=O)NC(C)(C)C)CC1. The summed E-state index contributed by atoms with van der Waals surface area (Å²) >= 11 is 1.46. The van der Waals surface area contributed by atoms with E-state index in [-0.39, 0.29) is 11.8 Å². The maximum Gasteiger partial charge on any atom is 0.309 e. The number of hydrogen-bond acceptors (Lipinski definition) is 5. The molecular formula is C19H28N4O3S. The molecule has 0 atom stereocenters. The second-order valence-corrected chi connectivity index (χ2v) is 8.50. The Hall–Kier alpha value is -2.09. The number of nitrogens with one attached hydrogen (secondary N) is 2.